The minimum Gasteiger partial charge on any atom is -0.497 e. The summed E-state index contributed by atoms with van der Waals surface area (Å²) in [5.41, 5.74) is 0.0637. The smallest absolute Gasteiger partial charge is 0.263 e. The fraction of sp³-hybridized carbons (Fsp3) is 0.158. The number of amides is 1. The molecule has 7 heteroatoms. The lowest BCUT2D eigenvalue weighted by atomic mass is 10.1. The van der Waals surface area contributed by atoms with Crippen molar-refractivity contribution >= 4 is 11.6 Å². The predicted molar refractivity (Wildman–Crippen MR) is 93.2 cm³/mol. The molecule has 26 heavy (non-hydrogen) atoms. The summed E-state index contributed by atoms with van der Waals surface area (Å²) >= 11 is 0. The van der Waals surface area contributed by atoms with Crippen LogP contribution in [0.25, 0.3) is 0 Å². The van der Waals surface area contributed by atoms with Crippen molar-refractivity contribution in [3.63, 3.8) is 0 Å². The number of hydrogen-bond donors (Lipinski definition) is 2. The summed E-state index contributed by atoms with van der Waals surface area (Å²) in [5, 5.41) is 14.1. The second-order valence-corrected chi connectivity index (χ2v) is 5.38. The van der Waals surface area contributed by atoms with Crippen molar-refractivity contribution < 1.29 is 18.3 Å². The summed E-state index contributed by atoms with van der Waals surface area (Å²) in [6, 6.07) is 11.7. The van der Waals surface area contributed by atoms with Crippen molar-refractivity contribution in [2.75, 3.05) is 12.4 Å². The van der Waals surface area contributed by atoms with Crippen molar-refractivity contribution in [3.05, 3.63) is 71.4 Å². The van der Waals surface area contributed by atoms with Crippen LogP contribution in [-0.2, 0) is 4.79 Å². The fourth-order valence-electron chi connectivity index (χ4n) is 2.18. The maximum atomic E-state index is 13.6. The Bertz CT molecular complexity index is 838. The van der Waals surface area contributed by atoms with E-state index < -0.39 is 23.2 Å². The van der Waals surface area contributed by atoms with Gasteiger partial charge in [0.05, 0.1) is 13.2 Å². The summed E-state index contributed by atoms with van der Waals surface area (Å²) in [7, 11) is 1.55. The Labute approximate surface area is 149 Å². The number of nitriles is 1. The minimum absolute atomic E-state index is 0.312. The van der Waals surface area contributed by atoms with Gasteiger partial charge in [0.2, 0.25) is 0 Å². The van der Waals surface area contributed by atoms with Gasteiger partial charge in [-0.2, -0.15) is 5.26 Å². The van der Waals surface area contributed by atoms with Gasteiger partial charge in [-0.1, -0.05) is 18.2 Å². The van der Waals surface area contributed by atoms with E-state index in [-0.39, 0.29) is 11.6 Å². The van der Waals surface area contributed by atoms with Gasteiger partial charge in [0, 0.05) is 6.20 Å². The first-order chi connectivity index (χ1) is 12.5. The molecule has 0 aliphatic carbocycles. The maximum Gasteiger partial charge on any atom is 0.263 e. The number of halogens is 2. The lowest BCUT2D eigenvalue weighted by Crippen LogP contribution is -2.28. The number of methoxy groups -OCH3 is 1. The van der Waals surface area contributed by atoms with E-state index in [2.05, 4.69) is 10.6 Å². The molecule has 0 aliphatic heterocycles. The van der Waals surface area contributed by atoms with Crippen LogP contribution in [0, 0.1) is 23.0 Å². The largest absolute Gasteiger partial charge is 0.497 e. The molecule has 0 radical (unpaired) electrons. The molecule has 1 atom stereocenters. The Morgan fingerprint density at radius 1 is 1.19 bits per heavy atom. The van der Waals surface area contributed by atoms with Gasteiger partial charge in [-0.15, -0.1) is 0 Å². The molecule has 0 saturated carbocycles. The summed E-state index contributed by atoms with van der Waals surface area (Å²) in [4.78, 5) is 12.2. The molecule has 1 unspecified atom stereocenters. The first-order valence-electron chi connectivity index (χ1n) is 7.72. The van der Waals surface area contributed by atoms with Gasteiger partial charge in [-0.25, -0.2) is 8.78 Å². The molecule has 5 nitrogen and oxygen atoms in total. The summed E-state index contributed by atoms with van der Waals surface area (Å²) < 4.78 is 32.2. The van der Waals surface area contributed by atoms with E-state index in [4.69, 9.17) is 10.00 Å². The highest BCUT2D eigenvalue weighted by molar-refractivity contribution is 5.97. The maximum absolute atomic E-state index is 13.6. The third kappa shape index (κ3) is 4.57. The molecule has 2 rings (SSSR count). The summed E-state index contributed by atoms with van der Waals surface area (Å²) in [5.74, 6) is -1.64. The highest BCUT2D eigenvalue weighted by atomic mass is 19.1. The number of nitrogens with one attached hydrogen (secondary N) is 2. The minimum atomic E-state index is -0.828. The molecule has 2 aromatic rings. The van der Waals surface area contributed by atoms with Crippen LogP contribution < -0.4 is 15.4 Å². The van der Waals surface area contributed by atoms with Crippen LogP contribution in [0.1, 0.15) is 18.5 Å². The molecule has 0 aromatic heterocycles. The van der Waals surface area contributed by atoms with E-state index in [1.807, 2.05) is 0 Å². The van der Waals surface area contributed by atoms with Crippen LogP contribution in [-0.4, -0.2) is 13.0 Å². The van der Waals surface area contributed by atoms with Crippen molar-refractivity contribution in [2.24, 2.45) is 0 Å². The average molecular weight is 357 g/mol. The molecule has 134 valence electrons. The third-order valence-electron chi connectivity index (χ3n) is 3.65. The molecule has 2 aromatic carbocycles. The second kappa shape index (κ2) is 8.62. The number of anilines is 1. The summed E-state index contributed by atoms with van der Waals surface area (Å²) in [6.45, 7) is 1.75. The number of para-hydroxylation sites is 1. The van der Waals surface area contributed by atoms with Gasteiger partial charge in [-0.3, -0.25) is 4.79 Å². The fourth-order valence-corrected chi connectivity index (χ4v) is 2.18. The molecule has 0 bridgehead atoms. The Kier molecular flexibility index (Phi) is 6.28. The normalized spacial score (nSPS) is 12.0. The van der Waals surface area contributed by atoms with E-state index in [9.17, 15) is 13.6 Å². The number of ether oxygens (including phenoxy) is 1. The van der Waals surface area contributed by atoms with Crippen molar-refractivity contribution in [3.8, 4) is 11.8 Å². The monoisotopic (exact) mass is 357 g/mol. The van der Waals surface area contributed by atoms with Crippen LogP contribution in [0.4, 0.5) is 14.5 Å². The van der Waals surface area contributed by atoms with E-state index in [0.717, 1.165) is 23.9 Å². The first-order valence-corrected chi connectivity index (χ1v) is 7.72. The lowest BCUT2D eigenvalue weighted by Gasteiger charge is -2.14. The Morgan fingerprint density at radius 3 is 2.35 bits per heavy atom. The van der Waals surface area contributed by atoms with Gasteiger partial charge in [-0.05, 0) is 36.8 Å². The van der Waals surface area contributed by atoms with Crippen LogP contribution >= 0.6 is 0 Å². The van der Waals surface area contributed by atoms with Gasteiger partial charge >= 0.3 is 0 Å². The highest BCUT2D eigenvalue weighted by Gasteiger charge is 2.15. The van der Waals surface area contributed by atoms with E-state index in [0.29, 0.717) is 5.75 Å². The highest BCUT2D eigenvalue weighted by Crippen LogP contribution is 2.19. The van der Waals surface area contributed by atoms with Crippen molar-refractivity contribution in [1.82, 2.24) is 5.32 Å². The first kappa shape index (κ1) is 18.9. The molecule has 1 amide bonds. The SMILES string of the molecule is COc1ccc(C(C)NC(=O)/C(C#N)=C\Nc2c(F)cccc2F)cc1. The van der Waals surface area contributed by atoms with Crippen LogP contribution in [0.3, 0.4) is 0 Å². The van der Waals surface area contributed by atoms with E-state index in [1.54, 1.807) is 44.4 Å². The van der Waals surface area contributed by atoms with Crippen LogP contribution in [0.2, 0.25) is 0 Å². The number of carbonyl (C=O) groups is 1. The zero-order chi connectivity index (χ0) is 19.1. The number of carbonyl (C=O) groups excluding carboxylic acids is 1. The average Bonchev–Trinajstić information content (AvgIpc) is 2.64. The van der Waals surface area contributed by atoms with E-state index >= 15 is 0 Å². The van der Waals surface area contributed by atoms with Gasteiger partial charge < -0.3 is 15.4 Å². The zero-order valence-electron chi connectivity index (χ0n) is 14.2. The number of rotatable bonds is 6. The molecule has 0 heterocycles. The van der Waals surface area contributed by atoms with Gasteiger partial charge in [0.25, 0.3) is 5.91 Å². The molecule has 0 fully saturated rings. The van der Waals surface area contributed by atoms with Crippen LogP contribution in [0.5, 0.6) is 5.75 Å². The molecule has 2 N–H and O–H groups in total. The van der Waals surface area contributed by atoms with Crippen molar-refractivity contribution in [2.45, 2.75) is 13.0 Å². The third-order valence-corrected chi connectivity index (χ3v) is 3.65. The number of hydrogen-bond acceptors (Lipinski definition) is 4. The Balaban J connectivity index is 2.09. The van der Waals surface area contributed by atoms with Gasteiger partial charge in [0.1, 0.15) is 34.7 Å². The predicted octanol–water partition coefficient (Wildman–Crippen LogP) is 3.67. The standard InChI is InChI=1S/C19H17F2N3O2/c1-12(13-6-8-15(26-2)9-7-13)24-19(25)14(10-22)11-23-18-16(20)4-3-5-17(18)21/h3-9,11-12,23H,1-2H3,(H,24,25)/b14-11-. The van der Waals surface area contributed by atoms with Crippen LogP contribution in [0.15, 0.2) is 54.2 Å². The quantitative estimate of drug-likeness (QED) is 0.611. The molecule has 0 aliphatic rings. The van der Waals surface area contributed by atoms with Gasteiger partial charge in [0.15, 0.2) is 0 Å². The lowest BCUT2D eigenvalue weighted by molar-refractivity contribution is -0.117. The summed E-state index contributed by atoms with van der Waals surface area (Å²) in [6.07, 6.45) is 0.970. The molecule has 0 spiro atoms. The molecular formula is C19H17F2N3O2. The van der Waals surface area contributed by atoms with E-state index in [1.165, 1.54) is 6.07 Å². The topological polar surface area (TPSA) is 74.1 Å². The second-order valence-electron chi connectivity index (χ2n) is 5.38. The number of benzene rings is 2. The number of nitrogens with zero attached hydrogens (tertiary/aromatic N) is 1. The Morgan fingerprint density at radius 2 is 1.81 bits per heavy atom. The zero-order valence-corrected chi connectivity index (χ0v) is 14.2. The molecule has 0 saturated heterocycles. The van der Waals surface area contributed by atoms with Crippen molar-refractivity contribution in [1.29, 1.82) is 5.26 Å². The molecular weight excluding hydrogens is 340 g/mol. The Hall–Kier alpha value is -3.40.